The number of benzene rings is 1. The second-order valence-corrected chi connectivity index (χ2v) is 4.07. The molecule has 0 heterocycles. The maximum atomic E-state index is 5.93. The van der Waals surface area contributed by atoms with Gasteiger partial charge in [-0.3, -0.25) is 0 Å². The van der Waals surface area contributed by atoms with Crippen molar-refractivity contribution in [2.24, 2.45) is 5.73 Å². The summed E-state index contributed by atoms with van der Waals surface area (Å²) in [6, 6.07) is 7.98. The zero-order valence-electron chi connectivity index (χ0n) is 10.8. The van der Waals surface area contributed by atoms with E-state index in [0.29, 0.717) is 13.2 Å². The van der Waals surface area contributed by atoms with Crippen LogP contribution in [-0.2, 0) is 0 Å². The van der Waals surface area contributed by atoms with E-state index in [1.165, 1.54) is 0 Å². The first kappa shape index (κ1) is 13.8. The van der Waals surface area contributed by atoms with Gasteiger partial charge in [-0.05, 0) is 31.9 Å². The molecular formula is C14H23NO2. The average Bonchev–Trinajstić information content (AvgIpc) is 2.32. The Labute approximate surface area is 104 Å². The average molecular weight is 237 g/mol. The molecule has 1 rings (SSSR count). The van der Waals surface area contributed by atoms with Gasteiger partial charge < -0.3 is 15.2 Å². The molecule has 0 aliphatic heterocycles. The van der Waals surface area contributed by atoms with Crippen molar-refractivity contribution in [3.63, 3.8) is 0 Å². The molecule has 1 aromatic carbocycles. The predicted molar refractivity (Wildman–Crippen MR) is 70.6 cm³/mol. The quantitative estimate of drug-likeness (QED) is 0.756. The molecule has 0 bridgehead atoms. The van der Waals surface area contributed by atoms with Crippen LogP contribution in [0.5, 0.6) is 11.5 Å². The Hall–Kier alpha value is -1.22. The molecule has 96 valence electrons. The van der Waals surface area contributed by atoms with Gasteiger partial charge in [-0.1, -0.05) is 25.5 Å². The molecule has 0 amide bonds. The Morgan fingerprint density at radius 1 is 1.06 bits per heavy atom. The number of nitrogens with two attached hydrogens (primary N) is 1. The van der Waals surface area contributed by atoms with Crippen LogP contribution in [0.2, 0.25) is 0 Å². The van der Waals surface area contributed by atoms with E-state index >= 15 is 0 Å². The van der Waals surface area contributed by atoms with Crippen molar-refractivity contribution < 1.29 is 9.47 Å². The first-order valence-corrected chi connectivity index (χ1v) is 6.38. The van der Waals surface area contributed by atoms with Crippen LogP contribution in [0, 0.1) is 0 Å². The van der Waals surface area contributed by atoms with E-state index in [1.54, 1.807) is 0 Å². The molecule has 3 nitrogen and oxygen atoms in total. The van der Waals surface area contributed by atoms with E-state index < -0.39 is 0 Å². The van der Waals surface area contributed by atoms with Crippen LogP contribution in [0.3, 0.4) is 0 Å². The molecule has 0 aliphatic rings. The summed E-state index contributed by atoms with van der Waals surface area (Å²) in [6.45, 7) is 5.40. The summed E-state index contributed by atoms with van der Waals surface area (Å²) in [7, 11) is 0. The number of para-hydroxylation sites is 2. The molecule has 1 aromatic rings. The first-order valence-electron chi connectivity index (χ1n) is 6.38. The number of hydrogen-bond acceptors (Lipinski definition) is 3. The largest absolute Gasteiger partial charge is 0.490 e. The molecule has 0 saturated carbocycles. The van der Waals surface area contributed by atoms with E-state index in [9.17, 15) is 0 Å². The summed E-state index contributed by atoms with van der Waals surface area (Å²) in [6.07, 6.45) is 3.06. The lowest BCUT2D eigenvalue weighted by Crippen LogP contribution is -2.22. The molecule has 2 N–H and O–H groups in total. The molecule has 0 radical (unpaired) electrons. The molecule has 0 fully saturated rings. The van der Waals surface area contributed by atoms with E-state index in [-0.39, 0.29) is 6.04 Å². The van der Waals surface area contributed by atoms with Crippen LogP contribution in [-0.4, -0.2) is 19.3 Å². The van der Waals surface area contributed by atoms with Gasteiger partial charge in [0.15, 0.2) is 11.5 Å². The van der Waals surface area contributed by atoms with E-state index in [1.807, 2.05) is 31.2 Å². The molecule has 0 aromatic heterocycles. The van der Waals surface area contributed by atoms with Gasteiger partial charge in [-0.2, -0.15) is 0 Å². The Morgan fingerprint density at radius 2 is 1.71 bits per heavy atom. The van der Waals surface area contributed by atoms with Gasteiger partial charge in [0.1, 0.15) is 0 Å². The number of hydrogen-bond donors (Lipinski definition) is 1. The van der Waals surface area contributed by atoms with E-state index in [0.717, 1.165) is 30.8 Å². The van der Waals surface area contributed by atoms with Gasteiger partial charge in [0.25, 0.3) is 0 Å². The van der Waals surface area contributed by atoms with E-state index in [2.05, 4.69) is 6.92 Å². The first-order chi connectivity index (χ1) is 8.27. The Morgan fingerprint density at radius 3 is 2.29 bits per heavy atom. The van der Waals surface area contributed by atoms with Crippen molar-refractivity contribution in [2.75, 3.05) is 13.2 Å². The highest BCUT2D eigenvalue weighted by Gasteiger charge is 2.05. The molecule has 1 unspecified atom stereocenters. The lowest BCUT2D eigenvalue weighted by atomic mass is 10.1. The zero-order chi connectivity index (χ0) is 12.5. The van der Waals surface area contributed by atoms with E-state index in [4.69, 9.17) is 15.2 Å². The topological polar surface area (TPSA) is 44.5 Å². The maximum Gasteiger partial charge on any atom is 0.161 e. The summed E-state index contributed by atoms with van der Waals surface area (Å²) in [4.78, 5) is 0. The summed E-state index contributed by atoms with van der Waals surface area (Å²) < 4.78 is 11.2. The van der Waals surface area contributed by atoms with Crippen LogP contribution < -0.4 is 15.2 Å². The molecule has 0 saturated heterocycles. The van der Waals surface area contributed by atoms with Crippen LogP contribution >= 0.6 is 0 Å². The minimum Gasteiger partial charge on any atom is -0.490 e. The van der Waals surface area contributed by atoms with Crippen molar-refractivity contribution in [3.8, 4) is 11.5 Å². The van der Waals surface area contributed by atoms with Gasteiger partial charge >= 0.3 is 0 Å². The van der Waals surface area contributed by atoms with Gasteiger partial charge in [0.2, 0.25) is 0 Å². The van der Waals surface area contributed by atoms with Crippen molar-refractivity contribution >= 4 is 0 Å². The van der Waals surface area contributed by atoms with Gasteiger partial charge in [-0.15, -0.1) is 0 Å². The van der Waals surface area contributed by atoms with Crippen LogP contribution in [0.15, 0.2) is 24.3 Å². The number of ether oxygens (including phenoxy) is 2. The van der Waals surface area contributed by atoms with Crippen LogP contribution in [0.1, 0.15) is 33.1 Å². The third-order valence-corrected chi connectivity index (χ3v) is 2.55. The second-order valence-electron chi connectivity index (χ2n) is 4.07. The predicted octanol–water partition coefficient (Wildman–Crippen LogP) is 2.98. The fourth-order valence-electron chi connectivity index (χ4n) is 1.68. The van der Waals surface area contributed by atoms with Crippen molar-refractivity contribution in [2.45, 2.75) is 39.2 Å². The summed E-state index contributed by atoms with van der Waals surface area (Å²) >= 11 is 0. The monoisotopic (exact) mass is 237 g/mol. The maximum absolute atomic E-state index is 5.93. The van der Waals surface area contributed by atoms with Gasteiger partial charge in [0, 0.05) is 6.04 Å². The Kier molecular flexibility index (Phi) is 6.48. The van der Waals surface area contributed by atoms with Crippen molar-refractivity contribution in [3.05, 3.63) is 24.3 Å². The smallest absolute Gasteiger partial charge is 0.161 e. The second kappa shape index (κ2) is 7.96. The zero-order valence-corrected chi connectivity index (χ0v) is 10.8. The van der Waals surface area contributed by atoms with Crippen LogP contribution in [0.25, 0.3) is 0 Å². The molecule has 17 heavy (non-hydrogen) atoms. The molecule has 1 atom stereocenters. The highest BCUT2D eigenvalue weighted by atomic mass is 16.5. The lowest BCUT2D eigenvalue weighted by molar-refractivity contribution is 0.264. The molecule has 0 aliphatic carbocycles. The molecular weight excluding hydrogens is 214 g/mol. The lowest BCUT2D eigenvalue weighted by Gasteiger charge is -2.13. The van der Waals surface area contributed by atoms with Crippen molar-refractivity contribution in [1.29, 1.82) is 0 Å². The van der Waals surface area contributed by atoms with Gasteiger partial charge in [0.05, 0.1) is 13.2 Å². The summed E-state index contributed by atoms with van der Waals surface area (Å²) in [5.74, 6) is 1.61. The minimum atomic E-state index is 0.235. The third-order valence-electron chi connectivity index (χ3n) is 2.55. The van der Waals surface area contributed by atoms with Gasteiger partial charge in [-0.25, -0.2) is 0 Å². The third kappa shape index (κ3) is 5.09. The molecule has 0 spiro atoms. The Balaban J connectivity index is 2.40. The highest BCUT2D eigenvalue weighted by molar-refractivity contribution is 5.39. The molecule has 3 heteroatoms. The standard InChI is InChI=1S/C14H23NO2/c1-3-7-12(15)10-11-17-14-9-6-5-8-13(14)16-4-2/h5-6,8-9,12H,3-4,7,10-11,15H2,1-2H3. The fraction of sp³-hybridized carbons (Fsp3) is 0.571. The SMILES string of the molecule is CCCC(N)CCOc1ccccc1OCC. The fourth-order valence-corrected chi connectivity index (χ4v) is 1.68. The minimum absolute atomic E-state index is 0.235. The normalized spacial score (nSPS) is 12.2. The van der Waals surface area contributed by atoms with Crippen LogP contribution in [0.4, 0.5) is 0 Å². The Bertz CT molecular complexity index is 315. The van der Waals surface area contributed by atoms with Crippen molar-refractivity contribution in [1.82, 2.24) is 0 Å². The summed E-state index contributed by atoms with van der Waals surface area (Å²) in [5, 5.41) is 0. The summed E-state index contributed by atoms with van der Waals surface area (Å²) in [5.41, 5.74) is 5.93. The highest BCUT2D eigenvalue weighted by Crippen LogP contribution is 2.26. The number of rotatable bonds is 8.